The van der Waals surface area contributed by atoms with Crippen molar-refractivity contribution in [2.75, 3.05) is 0 Å². The van der Waals surface area contributed by atoms with Gasteiger partial charge >= 0.3 is 0 Å². The number of piperidine rings is 1. The molecule has 4 unspecified atom stereocenters. The average Bonchev–Trinajstić information content (AvgIpc) is 2.66. The summed E-state index contributed by atoms with van der Waals surface area (Å²) in [6, 6.07) is 0.482. The maximum Gasteiger partial charge on any atom is 0.227 e. The van der Waals surface area contributed by atoms with Gasteiger partial charge in [-0.05, 0) is 32.1 Å². The largest absolute Gasteiger partial charge is 0.383 e. The molecule has 4 nitrogen and oxygen atoms in total. The molecule has 18 heavy (non-hydrogen) atoms. The number of hydrogen-bond acceptors (Lipinski definition) is 3. The van der Waals surface area contributed by atoms with Gasteiger partial charge in [0.05, 0.1) is 11.5 Å². The molecule has 0 radical (unpaired) electrons. The number of nitrogens with two attached hydrogens (primary N) is 1. The van der Waals surface area contributed by atoms with Gasteiger partial charge in [0, 0.05) is 6.04 Å². The molecular formula is C14H20N2O2. The number of hydrogen-bond donors (Lipinski definition) is 3. The molecule has 0 aromatic rings. The van der Waals surface area contributed by atoms with Crippen molar-refractivity contribution in [3.63, 3.8) is 0 Å². The molecule has 2 fully saturated rings. The van der Waals surface area contributed by atoms with Gasteiger partial charge in [-0.25, -0.2) is 0 Å². The lowest BCUT2D eigenvalue weighted by molar-refractivity contribution is -0.131. The Bertz CT molecular complexity index is 428. The van der Waals surface area contributed by atoms with E-state index in [1.165, 1.54) is 6.42 Å². The Morgan fingerprint density at radius 1 is 1.33 bits per heavy atom. The highest BCUT2D eigenvalue weighted by molar-refractivity contribution is 5.81. The van der Waals surface area contributed by atoms with Gasteiger partial charge < -0.3 is 16.2 Å². The highest BCUT2D eigenvalue weighted by Crippen LogP contribution is 2.47. The van der Waals surface area contributed by atoms with Crippen LogP contribution in [0.15, 0.2) is 24.3 Å². The number of amides is 1. The molecule has 2 saturated heterocycles. The van der Waals surface area contributed by atoms with E-state index in [0.717, 1.165) is 25.7 Å². The predicted octanol–water partition coefficient (Wildman–Crippen LogP) is 0.620. The van der Waals surface area contributed by atoms with E-state index in [2.05, 4.69) is 5.32 Å². The van der Waals surface area contributed by atoms with Gasteiger partial charge in [0.15, 0.2) is 0 Å². The zero-order valence-electron chi connectivity index (χ0n) is 10.4. The summed E-state index contributed by atoms with van der Waals surface area (Å²) >= 11 is 0. The maximum absolute atomic E-state index is 11.6. The van der Waals surface area contributed by atoms with Crippen molar-refractivity contribution < 1.29 is 9.90 Å². The number of fused-ring (bicyclic) bond motifs is 2. The Kier molecular flexibility index (Phi) is 2.61. The molecule has 1 aliphatic carbocycles. The van der Waals surface area contributed by atoms with Gasteiger partial charge in [-0.1, -0.05) is 24.3 Å². The lowest BCUT2D eigenvalue weighted by Crippen LogP contribution is -2.66. The zero-order chi connectivity index (χ0) is 12.8. The molecule has 2 bridgehead atoms. The molecule has 2 heterocycles. The van der Waals surface area contributed by atoms with E-state index in [-0.39, 0.29) is 5.54 Å². The molecular weight excluding hydrogens is 228 g/mol. The highest BCUT2D eigenvalue weighted by atomic mass is 16.3. The summed E-state index contributed by atoms with van der Waals surface area (Å²) in [5, 5.41) is 14.7. The summed E-state index contributed by atoms with van der Waals surface area (Å²) in [5.41, 5.74) is 3.91. The molecule has 3 rings (SSSR count). The fourth-order valence-corrected chi connectivity index (χ4v) is 3.93. The average molecular weight is 248 g/mol. The van der Waals surface area contributed by atoms with Crippen LogP contribution in [0, 0.1) is 5.92 Å². The van der Waals surface area contributed by atoms with Crippen LogP contribution in [0.25, 0.3) is 0 Å². The first kappa shape index (κ1) is 11.9. The molecule has 3 aliphatic rings. The predicted molar refractivity (Wildman–Crippen MR) is 68.7 cm³/mol. The summed E-state index contributed by atoms with van der Waals surface area (Å²) in [7, 11) is 0. The minimum atomic E-state index is -1.18. The number of aliphatic hydroxyl groups is 1. The summed E-state index contributed by atoms with van der Waals surface area (Å²) in [4.78, 5) is 11.6. The topological polar surface area (TPSA) is 75.4 Å². The third kappa shape index (κ3) is 1.49. The Labute approximate surface area is 107 Å². The van der Waals surface area contributed by atoms with E-state index >= 15 is 0 Å². The fourth-order valence-electron chi connectivity index (χ4n) is 3.93. The second-order valence-electron chi connectivity index (χ2n) is 5.80. The summed E-state index contributed by atoms with van der Waals surface area (Å²) in [5.74, 6) is -1.09. The molecule has 4 N–H and O–H groups in total. The minimum Gasteiger partial charge on any atom is -0.383 e. The Balaban J connectivity index is 2.00. The molecule has 0 aromatic heterocycles. The molecule has 1 amide bonds. The van der Waals surface area contributed by atoms with Crippen LogP contribution in [0.3, 0.4) is 0 Å². The lowest BCUT2D eigenvalue weighted by atomic mass is 9.66. The summed E-state index contributed by atoms with van der Waals surface area (Å²) in [6.45, 7) is 0. The van der Waals surface area contributed by atoms with Crippen molar-refractivity contribution in [3.8, 4) is 0 Å². The van der Waals surface area contributed by atoms with Crippen molar-refractivity contribution in [1.82, 2.24) is 5.32 Å². The summed E-state index contributed by atoms with van der Waals surface area (Å²) in [6.07, 6.45) is 12.2. The molecule has 2 aliphatic heterocycles. The first-order chi connectivity index (χ1) is 8.57. The van der Waals surface area contributed by atoms with Gasteiger partial charge in [-0.3, -0.25) is 4.79 Å². The van der Waals surface area contributed by atoms with Gasteiger partial charge in [0.1, 0.15) is 5.60 Å². The van der Waals surface area contributed by atoms with E-state index in [0.29, 0.717) is 6.04 Å². The fraction of sp³-hybridized carbons (Fsp3) is 0.643. The first-order valence-corrected chi connectivity index (χ1v) is 6.73. The Hall–Kier alpha value is -1.13. The monoisotopic (exact) mass is 248 g/mol. The van der Waals surface area contributed by atoms with Crippen LogP contribution in [0.4, 0.5) is 0 Å². The van der Waals surface area contributed by atoms with Crippen LogP contribution in [0.1, 0.15) is 32.1 Å². The van der Waals surface area contributed by atoms with Crippen LogP contribution in [-0.4, -0.2) is 28.2 Å². The summed E-state index contributed by atoms with van der Waals surface area (Å²) < 4.78 is 0. The second kappa shape index (κ2) is 3.93. The van der Waals surface area contributed by atoms with Crippen LogP contribution in [-0.2, 0) is 4.79 Å². The van der Waals surface area contributed by atoms with E-state index in [1.54, 1.807) is 18.2 Å². The van der Waals surface area contributed by atoms with Gasteiger partial charge in [-0.15, -0.1) is 0 Å². The van der Waals surface area contributed by atoms with Crippen LogP contribution in [0.5, 0.6) is 0 Å². The number of carbonyl (C=O) groups is 1. The lowest BCUT2D eigenvalue weighted by Gasteiger charge is -2.49. The van der Waals surface area contributed by atoms with Gasteiger partial charge in [-0.2, -0.15) is 0 Å². The molecule has 0 spiro atoms. The molecule has 4 atom stereocenters. The quantitative estimate of drug-likeness (QED) is 0.670. The van der Waals surface area contributed by atoms with E-state index < -0.39 is 17.4 Å². The highest BCUT2D eigenvalue weighted by Gasteiger charge is 2.58. The number of rotatable bonds is 2. The molecule has 0 aromatic carbocycles. The van der Waals surface area contributed by atoms with Crippen molar-refractivity contribution >= 4 is 5.91 Å². The molecule has 0 saturated carbocycles. The van der Waals surface area contributed by atoms with Crippen molar-refractivity contribution in [2.45, 2.75) is 49.3 Å². The van der Waals surface area contributed by atoms with Gasteiger partial charge in [0.25, 0.3) is 0 Å². The number of primary amides is 1. The first-order valence-electron chi connectivity index (χ1n) is 6.73. The number of allylic oxidation sites excluding steroid dienone is 2. The Morgan fingerprint density at radius 2 is 2.17 bits per heavy atom. The van der Waals surface area contributed by atoms with Crippen LogP contribution in [0.2, 0.25) is 0 Å². The second-order valence-corrected chi connectivity index (χ2v) is 5.80. The van der Waals surface area contributed by atoms with E-state index in [4.69, 9.17) is 5.73 Å². The third-order valence-corrected chi connectivity index (χ3v) is 4.87. The van der Waals surface area contributed by atoms with Crippen molar-refractivity contribution in [1.29, 1.82) is 0 Å². The molecule has 98 valence electrons. The van der Waals surface area contributed by atoms with E-state index in [1.807, 2.05) is 6.08 Å². The smallest absolute Gasteiger partial charge is 0.227 e. The molecule has 4 heteroatoms. The van der Waals surface area contributed by atoms with Crippen molar-refractivity contribution in [3.05, 3.63) is 24.3 Å². The van der Waals surface area contributed by atoms with Gasteiger partial charge in [0.2, 0.25) is 5.91 Å². The van der Waals surface area contributed by atoms with Crippen molar-refractivity contribution in [2.24, 2.45) is 11.7 Å². The van der Waals surface area contributed by atoms with Crippen LogP contribution < -0.4 is 11.1 Å². The van der Waals surface area contributed by atoms with Crippen LogP contribution >= 0.6 is 0 Å². The zero-order valence-corrected chi connectivity index (χ0v) is 10.4. The normalized spacial score (nSPS) is 46.3. The number of nitrogens with one attached hydrogen (secondary N) is 1. The standard InChI is InChI=1S/C14H20N2O2/c15-12(17)11-5-1-2-8-14(11,18)13-7-3-4-10(16-13)6-9-13/h1-2,5,8,10-11,16,18H,3-4,6-7,9H2,(H2,15,17). The van der Waals surface area contributed by atoms with E-state index in [9.17, 15) is 9.90 Å². The number of carbonyl (C=O) groups excluding carboxylic acids is 1. The Morgan fingerprint density at radius 3 is 2.94 bits per heavy atom. The third-order valence-electron chi connectivity index (χ3n) is 4.87. The minimum absolute atomic E-state index is 0.378. The maximum atomic E-state index is 11.6. The SMILES string of the molecule is NC(=O)C1C=CC=CC1(O)C12CCCC(CC1)N2.